The Labute approximate surface area is 90.9 Å². The first kappa shape index (κ1) is 13.8. The van der Waals surface area contributed by atoms with E-state index in [0.29, 0.717) is 0 Å². The SMILES string of the molecule is [Br-].[CH2-]c1cc(F)ccc1F.[Mg+2]. The van der Waals surface area contributed by atoms with E-state index in [2.05, 4.69) is 6.92 Å². The third kappa shape index (κ3) is 3.93. The van der Waals surface area contributed by atoms with Gasteiger partial charge in [0.2, 0.25) is 0 Å². The summed E-state index contributed by atoms with van der Waals surface area (Å²) in [5, 5.41) is 0. The monoisotopic (exact) mass is 230 g/mol. The van der Waals surface area contributed by atoms with E-state index in [9.17, 15) is 8.78 Å². The van der Waals surface area contributed by atoms with Crippen LogP contribution in [0, 0.1) is 18.6 Å². The van der Waals surface area contributed by atoms with Crippen LogP contribution in [0.1, 0.15) is 5.56 Å². The summed E-state index contributed by atoms with van der Waals surface area (Å²) in [6.45, 7) is 3.27. The molecule has 0 aliphatic carbocycles. The van der Waals surface area contributed by atoms with Crippen LogP contribution in [0.4, 0.5) is 8.78 Å². The Morgan fingerprint density at radius 1 is 1.18 bits per heavy atom. The molecule has 1 aromatic carbocycles. The second-order valence-corrected chi connectivity index (χ2v) is 1.74. The first-order valence-corrected chi connectivity index (χ1v) is 2.47. The number of hydrogen-bond acceptors (Lipinski definition) is 0. The Hall–Kier alpha value is 0.196. The second kappa shape index (κ2) is 5.80. The normalized spacial score (nSPS) is 7.82. The van der Waals surface area contributed by atoms with Crippen molar-refractivity contribution in [1.82, 2.24) is 0 Å². The molecule has 0 nitrogen and oxygen atoms in total. The largest absolute Gasteiger partial charge is 2.00 e. The van der Waals surface area contributed by atoms with Gasteiger partial charge in [0.1, 0.15) is 0 Å². The van der Waals surface area contributed by atoms with Crippen LogP contribution in [0.15, 0.2) is 18.2 Å². The molecule has 11 heavy (non-hydrogen) atoms. The zero-order valence-electron chi connectivity index (χ0n) is 5.78. The van der Waals surface area contributed by atoms with Crippen LogP contribution < -0.4 is 17.0 Å². The summed E-state index contributed by atoms with van der Waals surface area (Å²) in [5.41, 5.74) is 0.0926. The van der Waals surface area contributed by atoms with Crippen LogP contribution in [-0.4, -0.2) is 23.1 Å². The van der Waals surface area contributed by atoms with E-state index in [4.69, 9.17) is 0 Å². The molecule has 0 unspecified atom stereocenters. The van der Waals surface area contributed by atoms with Crippen LogP contribution in [0.3, 0.4) is 0 Å². The average molecular weight is 231 g/mol. The minimum Gasteiger partial charge on any atom is -1.00 e. The summed E-state index contributed by atoms with van der Waals surface area (Å²) < 4.78 is 24.4. The molecule has 0 aliphatic heterocycles. The Morgan fingerprint density at radius 2 is 1.73 bits per heavy atom. The first-order valence-electron chi connectivity index (χ1n) is 2.47. The van der Waals surface area contributed by atoms with Gasteiger partial charge in [0.15, 0.2) is 0 Å². The molecule has 0 spiro atoms. The van der Waals surface area contributed by atoms with E-state index in [1.807, 2.05) is 0 Å². The molecule has 0 bridgehead atoms. The van der Waals surface area contributed by atoms with Gasteiger partial charge in [-0.1, -0.05) is 6.07 Å². The smallest absolute Gasteiger partial charge is 1.00 e. The van der Waals surface area contributed by atoms with Crippen molar-refractivity contribution in [2.24, 2.45) is 0 Å². The molecule has 0 radical (unpaired) electrons. The van der Waals surface area contributed by atoms with Gasteiger partial charge in [0, 0.05) is 5.82 Å². The molecule has 56 valence electrons. The van der Waals surface area contributed by atoms with Gasteiger partial charge in [-0.3, -0.25) is 4.39 Å². The predicted molar refractivity (Wildman–Crippen MR) is 36.6 cm³/mol. The van der Waals surface area contributed by atoms with E-state index in [1.54, 1.807) is 0 Å². The van der Waals surface area contributed by atoms with Gasteiger partial charge in [0.25, 0.3) is 0 Å². The van der Waals surface area contributed by atoms with E-state index in [-0.39, 0.29) is 45.6 Å². The molecule has 0 fully saturated rings. The van der Waals surface area contributed by atoms with Crippen molar-refractivity contribution in [2.45, 2.75) is 0 Å². The van der Waals surface area contributed by atoms with Crippen LogP contribution in [0.25, 0.3) is 0 Å². The summed E-state index contributed by atoms with van der Waals surface area (Å²) in [6, 6.07) is 3.16. The van der Waals surface area contributed by atoms with Crippen LogP contribution in [-0.2, 0) is 0 Å². The molecule has 1 rings (SSSR count). The summed E-state index contributed by atoms with van der Waals surface area (Å²) in [7, 11) is 0. The predicted octanol–water partition coefficient (Wildman–Crippen LogP) is -1.23. The molecule has 0 saturated carbocycles. The second-order valence-electron chi connectivity index (χ2n) is 1.74. The maximum atomic E-state index is 12.3. The zero-order valence-corrected chi connectivity index (χ0v) is 8.78. The molecule has 0 heterocycles. The van der Waals surface area contributed by atoms with Crippen molar-refractivity contribution < 1.29 is 25.8 Å². The van der Waals surface area contributed by atoms with Crippen molar-refractivity contribution in [1.29, 1.82) is 0 Å². The van der Waals surface area contributed by atoms with E-state index in [0.717, 1.165) is 18.2 Å². The van der Waals surface area contributed by atoms with Crippen molar-refractivity contribution in [3.8, 4) is 0 Å². The topological polar surface area (TPSA) is 0 Å². The van der Waals surface area contributed by atoms with E-state index >= 15 is 0 Å². The molecule has 0 aromatic heterocycles. The van der Waals surface area contributed by atoms with Crippen molar-refractivity contribution in [3.05, 3.63) is 42.3 Å². The van der Waals surface area contributed by atoms with Gasteiger partial charge in [-0.2, -0.15) is 12.5 Å². The summed E-state index contributed by atoms with van der Waals surface area (Å²) in [5.74, 6) is -0.933. The Kier molecular flexibility index (Phi) is 7.25. The third-order valence-electron chi connectivity index (χ3n) is 1.01. The number of benzene rings is 1. The van der Waals surface area contributed by atoms with Gasteiger partial charge >= 0.3 is 23.1 Å². The summed E-state index contributed by atoms with van der Waals surface area (Å²) in [6.07, 6.45) is 0. The van der Waals surface area contributed by atoms with Crippen molar-refractivity contribution >= 4 is 23.1 Å². The number of rotatable bonds is 0. The molecule has 0 amide bonds. The van der Waals surface area contributed by atoms with Gasteiger partial charge < -0.3 is 17.0 Å². The molecule has 4 heteroatoms. The van der Waals surface area contributed by atoms with Gasteiger partial charge in [0.05, 0.1) is 5.82 Å². The minimum absolute atomic E-state index is 0. The van der Waals surface area contributed by atoms with E-state index in [1.165, 1.54) is 0 Å². The fraction of sp³-hybridized carbons (Fsp3) is 0. The van der Waals surface area contributed by atoms with Crippen molar-refractivity contribution in [2.75, 3.05) is 0 Å². The molecule has 0 atom stereocenters. The molecular formula is C7H5BrF2Mg. The summed E-state index contributed by atoms with van der Waals surface area (Å²) >= 11 is 0. The molecule has 0 saturated heterocycles. The standard InChI is InChI=1S/C7H5F2.BrH.Mg/c1-5-4-6(8)2-3-7(5)9;;/h2-4H,1H2;1H;/q-1;;+2/p-1. The maximum Gasteiger partial charge on any atom is 2.00 e. The Balaban J connectivity index is 0. The number of halogens is 3. The van der Waals surface area contributed by atoms with Crippen LogP contribution >= 0.6 is 0 Å². The maximum absolute atomic E-state index is 12.3. The van der Waals surface area contributed by atoms with Gasteiger partial charge in [-0.15, -0.1) is 6.07 Å². The summed E-state index contributed by atoms with van der Waals surface area (Å²) in [4.78, 5) is 0. The van der Waals surface area contributed by atoms with E-state index < -0.39 is 11.6 Å². The molecular weight excluding hydrogens is 226 g/mol. The fourth-order valence-corrected chi connectivity index (χ4v) is 0.543. The third-order valence-corrected chi connectivity index (χ3v) is 1.01. The molecule has 0 N–H and O–H groups in total. The molecule has 1 aromatic rings. The Morgan fingerprint density at radius 3 is 2.09 bits per heavy atom. The quantitative estimate of drug-likeness (QED) is 0.387. The minimum atomic E-state index is -0.476. The van der Waals surface area contributed by atoms with Gasteiger partial charge in [-0.05, 0) is 6.07 Å². The number of hydrogen-bond donors (Lipinski definition) is 0. The van der Waals surface area contributed by atoms with Crippen LogP contribution in [0.5, 0.6) is 0 Å². The van der Waals surface area contributed by atoms with Gasteiger partial charge in [-0.25, -0.2) is 4.39 Å². The molecule has 0 aliphatic rings. The zero-order chi connectivity index (χ0) is 6.85. The first-order chi connectivity index (χ1) is 4.20. The average Bonchev–Trinajstić information content (AvgIpc) is 1.80. The fourth-order valence-electron chi connectivity index (χ4n) is 0.543. The Bertz CT molecular complexity index is 228. The van der Waals surface area contributed by atoms with Crippen LogP contribution in [0.2, 0.25) is 0 Å². The van der Waals surface area contributed by atoms with Crippen molar-refractivity contribution in [3.63, 3.8) is 0 Å².